The first kappa shape index (κ1) is 17.9. The van der Waals surface area contributed by atoms with Crippen molar-refractivity contribution in [2.24, 2.45) is 4.99 Å². The van der Waals surface area contributed by atoms with Crippen molar-refractivity contribution >= 4 is 17.5 Å². The summed E-state index contributed by atoms with van der Waals surface area (Å²) in [6.07, 6.45) is 0.391. The number of rotatable bonds is 4. The van der Waals surface area contributed by atoms with Crippen LogP contribution in [0.1, 0.15) is 29.4 Å². The van der Waals surface area contributed by atoms with Gasteiger partial charge < -0.3 is 9.30 Å². The third kappa shape index (κ3) is 3.01. The van der Waals surface area contributed by atoms with Gasteiger partial charge in [0.2, 0.25) is 5.78 Å². The number of nitrogens with zero attached hydrogens (tertiary/aromatic N) is 2. The van der Waals surface area contributed by atoms with Crippen LogP contribution in [0, 0.1) is 20.8 Å². The number of carbonyl (C=O) groups excluding carboxylic acids is 2. The first-order valence-corrected chi connectivity index (χ1v) is 8.49. The molecule has 3 rings (SSSR count). The molecule has 2 aromatic rings. The third-order valence-electron chi connectivity index (χ3n) is 4.70. The van der Waals surface area contributed by atoms with E-state index < -0.39 is 5.97 Å². The molecule has 5 nitrogen and oxygen atoms in total. The highest BCUT2D eigenvalue weighted by Gasteiger charge is 2.32. The van der Waals surface area contributed by atoms with Crippen LogP contribution >= 0.6 is 0 Å². The first-order valence-electron chi connectivity index (χ1n) is 8.49. The van der Waals surface area contributed by atoms with Gasteiger partial charge in [0.05, 0.1) is 18.5 Å². The fraction of sp³-hybridized carbons (Fsp3) is 0.286. The van der Waals surface area contributed by atoms with Crippen molar-refractivity contribution in [1.29, 1.82) is 0 Å². The molecule has 134 valence electrons. The highest BCUT2D eigenvalue weighted by molar-refractivity contribution is 6.53. The van der Waals surface area contributed by atoms with E-state index in [2.05, 4.69) is 40.7 Å². The van der Waals surface area contributed by atoms with Crippen LogP contribution in [0.3, 0.4) is 0 Å². The highest BCUT2D eigenvalue weighted by Crippen LogP contribution is 2.25. The average molecular weight is 350 g/mol. The summed E-state index contributed by atoms with van der Waals surface area (Å²) in [5.74, 6) is -0.966. The number of carbonyl (C=O) groups is 2. The standard InChI is InChI=1S/C21H22N2O3/c1-12-7-6-8-17(9-12)23-13(2)10-16(15(23)4)11-18-20(24)19(14(3)22-18)21(25)26-5/h6-10H,11H2,1-5H3. The summed E-state index contributed by atoms with van der Waals surface area (Å²) in [6.45, 7) is 7.80. The van der Waals surface area contributed by atoms with Gasteiger partial charge in [0.1, 0.15) is 5.57 Å². The Morgan fingerprint density at radius 3 is 2.54 bits per heavy atom. The Balaban J connectivity index is 1.92. The largest absolute Gasteiger partial charge is 0.465 e. The number of Topliss-reactive ketones (excluding diaryl/α,β-unsaturated/α-hetero) is 1. The maximum Gasteiger partial charge on any atom is 0.343 e. The summed E-state index contributed by atoms with van der Waals surface area (Å²) in [4.78, 5) is 28.7. The number of aromatic nitrogens is 1. The summed E-state index contributed by atoms with van der Waals surface area (Å²) in [6, 6.07) is 10.4. The van der Waals surface area contributed by atoms with Gasteiger partial charge in [-0.15, -0.1) is 0 Å². The number of hydrogen-bond donors (Lipinski definition) is 0. The number of ketones is 1. The lowest BCUT2D eigenvalue weighted by atomic mass is 10.0. The Morgan fingerprint density at radius 1 is 1.15 bits per heavy atom. The molecule has 5 heteroatoms. The van der Waals surface area contributed by atoms with Gasteiger partial charge in [-0.25, -0.2) is 4.79 Å². The maximum absolute atomic E-state index is 12.5. The number of benzene rings is 1. The third-order valence-corrected chi connectivity index (χ3v) is 4.70. The molecular formula is C21H22N2O3. The second kappa shape index (κ2) is 6.75. The zero-order chi connectivity index (χ0) is 19.0. The number of esters is 1. The molecule has 0 saturated carbocycles. The van der Waals surface area contributed by atoms with E-state index in [1.165, 1.54) is 12.7 Å². The molecule has 26 heavy (non-hydrogen) atoms. The number of ether oxygens (including phenoxy) is 1. The Kier molecular flexibility index (Phi) is 4.64. The number of aryl methyl sites for hydroxylation is 2. The van der Waals surface area contributed by atoms with E-state index in [9.17, 15) is 9.59 Å². The van der Waals surface area contributed by atoms with Crippen molar-refractivity contribution in [3.05, 3.63) is 64.1 Å². The lowest BCUT2D eigenvalue weighted by Crippen LogP contribution is -2.20. The van der Waals surface area contributed by atoms with Gasteiger partial charge >= 0.3 is 5.97 Å². The quantitative estimate of drug-likeness (QED) is 0.627. The molecule has 0 atom stereocenters. The van der Waals surface area contributed by atoms with Crippen LogP contribution in [0.15, 0.2) is 46.6 Å². The first-order chi connectivity index (χ1) is 12.3. The number of hydrogen-bond acceptors (Lipinski definition) is 4. The van der Waals surface area contributed by atoms with Crippen LogP contribution in [0.5, 0.6) is 0 Å². The molecule has 2 heterocycles. The molecule has 0 aliphatic carbocycles. The zero-order valence-electron chi connectivity index (χ0n) is 15.7. The zero-order valence-corrected chi connectivity index (χ0v) is 15.7. The van der Waals surface area contributed by atoms with Crippen LogP contribution in [0.4, 0.5) is 0 Å². The molecule has 1 aliphatic rings. The monoisotopic (exact) mass is 350 g/mol. The fourth-order valence-electron chi connectivity index (χ4n) is 3.43. The molecule has 0 amide bonds. The second-order valence-electron chi connectivity index (χ2n) is 6.59. The van der Waals surface area contributed by atoms with Gasteiger partial charge in [-0.2, -0.15) is 0 Å². The molecule has 1 aromatic carbocycles. The minimum Gasteiger partial charge on any atom is -0.465 e. The van der Waals surface area contributed by atoms with E-state index in [0.29, 0.717) is 17.8 Å². The molecule has 0 saturated heterocycles. The lowest BCUT2D eigenvalue weighted by Gasteiger charge is -2.11. The summed E-state index contributed by atoms with van der Waals surface area (Å²) < 4.78 is 6.86. The van der Waals surface area contributed by atoms with Gasteiger partial charge in [-0.1, -0.05) is 12.1 Å². The molecule has 1 aromatic heterocycles. The Bertz CT molecular complexity index is 977. The van der Waals surface area contributed by atoms with Gasteiger partial charge in [0, 0.05) is 23.5 Å². The SMILES string of the molecule is COC(=O)C1=C(C)N=C(Cc2cc(C)n(-c3cccc(C)c3)c2C)C1=O. The Labute approximate surface area is 153 Å². The lowest BCUT2D eigenvalue weighted by molar-refractivity contribution is -0.137. The van der Waals surface area contributed by atoms with E-state index in [-0.39, 0.29) is 11.4 Å². The van der Waals surface area contributed by atoms with Gasteiger partial charge in [0.15, 0.2) is 0 Å². The van der Waals surface area contributed by atoms with Crippen molar-refractivity contribution in [3.8, 4) is 5.69 Å². The minimum absolute atomic E-state index is 0.0370. The minimum atomic E-state index is -0.628. The van der Waals surface area contributed by atoms with Gasteiger partial charge in [-0.3, -0.25) is 9.79 Å². The topological polar surface area (TPSA) is 60.7 Å². The normalized spacial score (nSPS) is 14.0. The van der Waals surface area contributed by atoms with Crippen molar-refractivity contribution in [2.45, 2.75) is 34.1 Å². The number of methoxy groups -OCH3 is 1. The van der Waals surface area contributed by atoms with Crippen LogP contribution in [-0.2, 0) is 20.7 Å². The van der Waals surface area contributed by atoms with Gasteiger partial charge in [-0.05, 0) is 57.0 Å². The van der Waals surface area contributed by atoms with E-state index in [4.69, 9.17) is 4.74 Å². The molecule has 1 aliphatic heterocycles. The number of aliphatic imine (C=N–C) groups is 1. The molecule has 0 unspecified atom stereocenters. The number of allylic oxidation sites excluding steroid dienone is 1. The summed E-state index contributed by atoms with van der Waals surface area (Å²) >= 11 is 0. The van der Waals surface area contributed by atoms with Crippen molar-refractivity contribution in [2.75, 3.05) is 7.11 Å². The maximum atomic E-state index is 12.5. The summed E-state index contributed by atoms with van der Waals surface area (Å²) in [5.41, 5.74) is 6.30. The van der Waals surface area contributed by atoms with Crippen LogP contribution in [0.2, 0.25) is 0 Å². The van der Waals surface area contributed by atoms with E-state index >= 15 is 0 Å². The predicted molar refractivity (Wildman–Crippen MR) is 101 cm³/mol. The molecule has 0 radical (unpaired) electrons. The van der Waals surface area contributed by atoms with Gasteiger partial charge in [0.25, 0.3) is 0 Å². The highest BCUT2D eigenvalue weighted by atomic mass is 16.5. The van der Waals surface area contributed by atoms with Crippen LogP contribution < -0.4 is 0 Å². The molecule has 0 bridgehead atoms. The molecule has 0 N–H and O–H groups in total. The predicted octanol–water partition coefficient (Wildman–Crippen LogP) is 3.42. The van der Waals surface area contributed by atoms with Crippen molar-refractivity contribution < 1.29 is 14.3 Å². The summed E-state index contributed by atoms with van der Waals surface area (Å²) in [5, 5.41) is 0. The molecule has 0 spiro atoms. The second-order valence-corrected chi connectivity index (χ2v) is 6.59. The Hall–Kier alpha value is -2.95. The Morgan fingerprint density at radius 2 is 1.88 bits per heavy atom. The van der Waals surface area contributed by atoms with Crippen LogP contribution in [-0.4, -0.2) is 29.1 Å². The van der Waals surface area contributed by atoms with E-state index in [0.717, 1.165) is 22.6 Å². The molecular weight excluding hydrogens is 328 g/mol. The van der Waals surface area contributed by atoms with E-state index in [1.807, 2.05) is 19.9 Å². The van der Waals surface area contributed by atoms with Crippen molar-refractivity contribution in [3.63, 3.8) is 0 Å². The van der Waals surface area contributed by atoms with E-state index in [1.54, 1.807) is 6.92 Å². The smallest absolute Gasteiger partial charge is 0.343 e. The van der Waals surface area contributed by atoms with Crippen LogP contribution in [0.25, 0.3) is 5.69 Å². The average Bonchev–Trinajstić information content (AvgIpc) is 3.03. The summed E-state index contributed by atoms with van der Waals surface area (Å²) in [7, 11) is 1.27. The molecule has 0 fully saturated rings. The fourth-order valence-corrected chi connectivity index (χ4v) is 3.43. The van der Waals surface area contributed by atoms with Crippen molar-refractivity contribution in [1.82, 2.24) is 4.57 Å².